The van der Waals surface area contributed by atoms with Gasteiger partial charge in [0.1, 0.15) is 6.04 Å². The number of nitrogens with one attached hydrogen (secondary N) is 2. The molecule has 1 saturated heterocycles. The average molecular weight is 430 g/mol. The first-order chi connectivity index (χ1) is 13.0. The second-order valence-corrected chi connectivity index (χ2v) is 7.34. The van der Waals surface area contributed by atoms with Crippen LogP contribution in [0.5, 0.6) is 0 Å². The van der Waals surface area contributed by atoms with Gasteiger partial charge in [0.2, 0.25) is 0 Å². The number of nitrogens with zero attached hydrogens (tertiary/aromatic N) is 1. The molecule has 7 heteroatoms. The Morgan fingerprint density at radius 2 is 1.74 bits per heavy atom. The van der Waals surface area contributed by atoms with E-state index < -0.39 is 6.04 Å². The number of rotatable bonds is 3. The molecule has 2 aromatic carbocycles. The third kappa shape index (κ3) is 4.36. The summed E-state index contributed by atoms with van der Waals surface area (Å²) >= 11 is 3.34. The zero-order valence-corrected chi connectivity index (χ0v) is 16.5. The minimum absolute atomic E-state index is 0.189. The molecular formula is C20H20BrN3O3. The maximum Gasteiger partial charge on any atom is 0.269 e. The molecule has 0 aromatic heterocycles. The summed E-state index contributed by atoms with van der Waals surface area (Å²) in [6.07, 6.45) is 1.31. The van der Waals surface area contributed by atoms with Gasteiger partial charge in [-0.05, 0) is 55.7 Å². The molecule has 3 rings (SSSR count). The molecule has 6 nitrogen and oxygen atoms in total. The standard InChI is InChI=1S/C20H20BrN3O3/c1-13-5-2-3-6-16(13)18(25)22-23-19(26)17-7-4-12-24(17)20(27)14-8-10-15(21)11-9-14/h2-3,5-6,8-11,17H,4,7,12H2,1H3,(H,22,25)(H,23,26). The average Bonchev–Trinajstić information content (AvgIpc) is 3.16. The summed E-state index contributed by atoms with van der Waals surface area (Å²) in [6.45, 7) is 2.34. The Hall–Kier alpha value is -2.67. The summed E-state index contributed by atoms with van der Waals surface area (Å²) in [7, 11) is 0. The van der Waals surface area contributed by atoms with E-state index in [9.17, 15) is 14.4 Å². The van der Waals surface area contributed by atoms with Crippen molar-refractivity contribution in [2.24, 2.45) is 0 Å². The molecule has 0 saturated carbocycles. The summed E-state index contributed by atoms with van der Waals surface area (Å²) < 4.78 is 0.883. The molecular weight excluding hydrogens is 410 g/mol. The van der Waals surface area contributed by atoms with Crippen molar-refractivity contribution < 1.29 is 14.4 Å². The van der Waals surface area contributed by atoms with Gasteiger partial charge in [0.05, 0.1) is 0 Å². The van der Waals surface area contributed by atoms with Crippen LogP contribution in [0.2, 0.25) is 0 Å². The van der Waals surface area contributed by atoms with Crippen LogP contribution < -0.4 is 10.9 Å². The predicted octanol–water partition coefficient (Wildman–Crippen LogP) is 2.82. The van der Waals surface area contributed by atoms with Gasteiger partial charge in [-0.15, -0.1) is 0 Å². The fourth-order valence-corrected chi connectivity index (χ4v) is 3.40. The minimum Gasteiger partial charge on any atom is -0.327 e. The van der Waals surface area contributed by atoms with Crippen molar-refractivity contribution in [2.75, 3.05) is 6.54 Å². The van der Waals surface area contributed by atoms with Gasteiger partial charge in [0.15, 0.2) is 0 Å². The van der Waals surface area contributed by atoms with E-state index in [1.165, 1.54) is 0 Å². The number of hydrogen-bond donors (Lipinski definition) is 2. The lowest BCUT2D eigenvalue weighted by atomic mass is 10.1. The Balaban J connectivity index is 1.63. The summed E-state index contributed by atoms with van der Waals surface area (Å²) in [5, 5.41) is 0. The van der Waals surface area contributed by atoms with Gasteiger partial charge in [-0.3, -0.25) is 25.2 Å². The maximum atomic E-state index is 12.7. The van der Waals surface area contributed by atoms with E-state index in [0.29, 0.717) is 24.1 Å². The number of benzene rings is 2. The van der Waals surface area contributed by atoms with Gasteiger partial charge in [-0.25, -0.2) is 0 Å². The smallest absolute Gasteiger partial charge is 0.269 e. The van der Waals surface area contributed by atoms with Crippen molar-refractivity contribution in [3.05, 3.63) is 69.7 Å². The van der Waals surface area contributed by atoms with Crippen LogP contribution in [0.1, 0.15) is 39.1 Å². The quantitative estimate of drug-likeness (QED) is 0.736. The number of hydrazine groups is 1. The van der Waals surface area contributed by atoms with Crippen molar-refractivity contribution in [3.63, 3.8) is 0 Å². The van der Waals surface area contributed by atoms with Crippen molar-refractivity contribution in [3.8, 4) is 0 Å². The molecule has 1 fully saturated rings. The van der Waals surface area contributed by atoms with Gasteiger partial charge in [-0.1, -0.05) is 34.1 Å². The number of aryl methyl sites for hydroxylation is 1. The predicted molar refractivity (Wildman–Crippen MR) is 105 cm³/mol. The number of carbonyl (C=O) groups excluding carboxylic acids is 3. The Morgan fingerprint density at radius 1 is 1.04 bits per heavy atom. The molecule has 3 amide bonds. The molecule has 27 heavy (non-hydrogen) atoms. The molecule has 1 aliphatic rings. The first-order valence-corrected chi connectivity index (χ1v) is 9.49. The molecule has 0 aliphatic carbocycles. The van der Waals surface area contributed by atoms with Crippen LogP contribution in [-0.4, -0.2) is 35.2 Å². The zero-order valence-electron chi connectivity index (χ0n) is 14.9. The number of likely N-dealkylation sites (tertiary alicyclic amines) is 1. The molecule has 1 aliphatic heterocycles. The van der Waals surface area contributed by atoms with E-state index in [4.69, 9.17) is 0 Å². The van der Waals surface area contributed by atoms with E-state index in [-0.39, 0.29) is 17.7 Å². The van der Waals surface area contributed by atoms with Crippen LogP contribution in [0.25, 0.3) is 0 Å². The van der Waals surface area contributed by atoms with Crippen LogP contribution >= 0.6 is 15.9 Å². The van der Waals surface area contributed by atoms with Crippen molar-refractivity contribution in [1.29, 1.82) is 0 Å². The summed E-state index contributed by atoms with van der Waals surface area (Å²) in [5.74, 6) is -0.962. The monoisotopic (exact) mass is 429 g/mol. The molecule has 1 atom stereocenters. The maximum absolute atomic E-state index is 12.7. The third-order valence-electron chi connectivity index (χ3n) is 4.60. The van der Waals surface area contributed by atoms with Crippen LogP contribution in [0, 0.1) is 6.92 Å². The van der Waals surface area contributed by atoms with Crippen LogP contribution in [-0.2, 0) is 4.79 Å². The number of halogens is 1. The van der Waals surface area contributed by atoms with Crippen LogP contribution in [0.15, 0.2) is 53.0 Å². The normalized spacial score (nSPS) is 16.1. The summed E-state index contributed by atoms with van der Waals surface area (Å²) in [5.41, 5.74) is 6.74. The molecule has 2 aromatic rings. The van der Waals surface area contributed by atoms with Crippen LogP contribution in [0.3, 0.4) is 0 Å². The SMILES string of the molecule is Cc1ccccc1C(=O)NNC(=O)C1CCCN1C(=O)c1ccc(Br)cc1. The first-order valence-electron chi connectivity index (χ1n) is 8.70. The number of hydrogen-bond acceptors (Lipinski definition) is 3. The fraction of sp³-hybridized carbons (Fsp3) is 0.250. The van der Waals surface area contributed by atoms with Crippen LogP contribution in [0.4, 0.5) is 0 Å². The molecule has 0 spiro atoms. The Bertz CT molecular complexity index is 867. The van der Waals surface area contributed by atoms with E-state index in [1.807, 2.05) is 19.1 Å². The van der Waals surface area contributed by atoms with Gasteiger partial charge < -0.3 is 4.90 Å². The zero-order chi connectivity index (χ0) is 19.4. The lowest BCUT2D eigenvalue weighted by Crippen LogP contribution is -2.51. The lowest BCUT2D eigenvalue weighted by Gasteiger charge is -2.24. The highest BCUT2D eigenvalue weighted by Gasteiger charge is 2.34. The van der Waals surface area contributed by atoms with E-state index in [0.717, 1.165) is 16.5 Å². The Morgan fingerprint density at radius 3 is 2.44 bits per heavy atom. The van der Waals surface area contributed by atoms with Gasteiger partial charge in [0, 0.05) is 22.1 Å². The highest BCUT2D eigenvalue weighted by Crippen LogP contribution is 2.21. The number of carbonyl (C=O) groups is 3. The lowest BCUT2D eigenvalue weighted by molar-refractivity contribution is -0.125. The highest BCUT2D eigenvalue weighted by atomic mass is 79.9. The molecule has 1 heterocycles. The Labute approximate surface area is 166 Å². The van der Waals surface area contributed by atoms with Crippen molar-refractivity contribution in [1.82, 2.24) is 15.8 Å². The largest absolute Gasteiger partial charge is 0.327 e. The number of amides is 3. The van der Waals surface area contributed by atoms with Crippen molar-refractivity contribution in [2.45, 2.75) is 25.8 Å². The Kier molecular flexibility index (Phi) is 5.91. The molecule has 0 radical (unpaired) electrons. The fourth-order valence-electron chi connectivity index (χ4n) is 3.14. The topological polar surface area (TPSA) is 78.5 Å². The highest BCUT2D eigenvalue weighted by molar-refractivity contribution is 9.10. The second kappa shape index (κ2) is 8.35. The molecule has 140 valence electrons. The van der Waals surface area contributed by atoms with Crippen molar-refractivity contribution >= 4 is 33.7 Å². The minimum atomic E-state index is -0.599. The van der Waals surface area contributed by atoms with E-state index >= 15 is 0 Å². The molecule has 0 bridgehead atoms. The summed E-state index contributed by atoms with van der Waals surface area (Å²) in [4.78, 5) is 39.1. The second-order valence-electron chi connectivity index (χ2n) is 6.42. The first kappa shape index (κ1) is 19.1. The molecule has 2 N–H and O–H groups in total. The van der Waals surface area contributed by atoms with Gasteiger partial charge in [0.25, 0.3) is 17.7 Å². The van der Waals surface area contributed by atoms with Gasteiger partial charge in [-0.2, -0.15) is 0 Å². The molecule has 1 unspecified atom stereocenters. The third-order valence-corrected chi connectivity index (χ3v) is 5.13. The van der Waals surface area contributed by atoms with Gasteiger partial charge >= 0.3 is 0 Å². The summed E-state index contributed by atoms with van der Waals surface area (Å²) in [6, 6.07) is 13.6. The van der Waals surface area contributed by atoms with E-state index in [1.54, 1.807) is 41.3 Å². The van der Waals surface area contributed by atoms with E-state index in [2.05, 4.69) is 26.8 Å².